The van der Waals surface area contributed by atoms with Crippen LogP contribution in [0.25, 0.3) is 10.9 Å². The van der Waals surface area contributed by atoms with Crippen molar-refractivity contribution in [3.63, 3.8) is 0 Å². The minimum absolute atomic E-state index is 0. The SMILES string of the molecule is Cl.Cl.O=C(N[C@@H]1CC2CCC1N2)c1cc2ccncc2[nH]1. The molecule has 2 fully saturated rings. The number of hydrogen-bond acceptors (Lipinski definition) is 3. The van der Waals surface area contributed by atoms with Gasteiger partial charge in [-0.1, -0.05) is 0 Å². The Morgan fingerprint density at radius 1 is 1.33 bits per heavy atom. The zero-order valence-corrected chi connectivity index (χ0v) is 13.0. The molecule has 5 nitrogen and oxygen atoms in total. The largest absolute Gasteiger partial charge is 0.349 e. The number of pyridine rings is 1. The Morgan fingerprint density at radius 3 is 2.86 bits per heavy atom. The summed E-state index contributed by atoms with van der Waals surface area (Å²) in [5, 5.41) is 7.68. The molecular weight excluding hydrogens is 311 g/mol. The molecule has 1 amide bonds. The summed E-state index contributed by atoms with van der Waals surface area (Å²) in [6.07, 6.45) is 6.95. The van der Waals surface area contributed by atoms with Crippen molar-refractivity contribution in [2.75, 3.05) is 0 Å². The molecule has 0 radical (unpaired) electrons. The van der Waals surface area contributed by atoms with Crippen molar-refractivity contribution in [1.29, 1.82) is 0 Å². The maximum atomic E-state index is 12.3. The predicted octanol–water partition coefficient (Wildman–Crippen LogP) is 2.03. The molecule has 0 aromatic carbocycles. The highest BCUT2D eigenvalue weighted by Crippen LogP contribution is 2.28. The second-order valence-electron chi connectivity index (χ2n) is 5.51. The van der Waals surface area contributed by atoms with Crippen LogP contribution in [0, 0.1) is 0 Å². The van der Waals surface area contributed by atoms with Gasteiger partial charge in [-0.05, 0) is 31.4 Å². The van der Waals surface area contributed by atoms with Gasteiger partial charge in [-0.15, -0.1) is 24.8 Å². The first kappa shape index (κ1) is 16.1. The van der Waals surface area contributed by atoms with Gasteiger partial charge in [-0.2, -0.15) is 0 Å². The lowest BCUT2D eigenvalue weighted by Gasteiger charge is -2.21. The molecule has 2 aromatic rings. The zero-order chi connectivity index (χ0) is 12.8. The van der Waals surface area contributed by atoms with Crippen LogP contribution in [0.2, 0.25) is 0 Å². The van der Waals surface area contributed by atoms with Crippen LogP contribution < -0.4 is 10.6 Å². The van der Waals surface area contributed by atoms with Crippen molar-refractivity contribution in [3.05, 3.63) is 30.2 Å². The van der Waals surface area contributed by atoms with Crippen LogP contribution in [0.15, 0.2) is 24.5 Å². The Kier molecular flexibility index (Phi) is 4.76. The van der Waals surface area contributed by atoms with Crippen molar-refractivity contribution in [2.24, 2.45) is 0 Å². The lowest BCUT2D eigenvalue weighted by Crippen LogP contribution is -2.43. The van der Waals surface area contributed by atoms with Gasteiger partial charge in [0.15, 0.2) is 0 Å². The fraction of sp³-hybridized carbons (Fsp3) is 0.429. The number of carbonyl (C=O) groups is 1. The summed E-state index contributed by atoms with van der Waals surface area (Å²) in [4.78, 5) is 19.4. The van der Waals surface area contributed by atoms with Crippen LogP contribution in [0.3, 0.4) is 0 Å². The van der Waals surface area contributed by atoms with E-state index in [0.29, 0.717) is 17.8 Å². The highest BCUT2D eigenvalue weighted by atomic mass is 35.5. The lowest BCUT2D eigenvalue weighted by atomic mass is 9.95. The summed E-state index contributed by atoms with van der Waals surface area (Å²) in [5.41, 5.74) is 1.52. The van der Waals surface area contributed by atoms with Gasteiger partial charge in [0, 0.05) is 29.7 Å². The summed E-state index contributed by atoms with van der Waals surface area (Å²) in [6.45, 7) is 0. The first-order valence-corrected chi connectivity index (χ1v) is 6.79. The van der Waals surface area contributed by atoms with Crippen LogP contribution in [-0.2, 0) is 0 Å². The number of nitrogens with zero attached hydrogens (tertiary/aromatic N) is 1. The van der Waals surface area contributed by atoms with Crippen molar-refractivity contribution < 1.29 is 4.79 Å². The second kappa shape index (κ2) is 6.22. The normalized spacial score (nSPS) is 26.2. The molecule has 3 N–H and O–H groups in total. The van der Waals surface area contributed by atoms with Crippen LogP contribution in [-0.4, -0.2) is 34.0 Å². The fourth-order valence-electron chi connectivity index (χ4n) is 3.32. The van der Waals surface area contributed by atoms with E-state index < -0.39 is 0 Å². The molecule has 21 heavy (non-hydrogen) atoms. The molecule has 4 heterocycles. The predicted molar refractivity (Wildman–Crippen MR) is 86.4 cm³/mol. The zero-order valence-electron chi connectivity index (χ0n) is 11.3. The Balaban J connectivity index is 0.000000807. The van der Waals surface area contributed by atoms with Crippen molar-refractivity contribution in [2.45, 2.75) is 37.4 Å². The maximum Gasteiger partial charge on any atom is 0.268 e. The average molecular weight is 329 g/mol. The van der Waals surface area contributed by atoms with Crippen LogP contribution in [0.5, 0.6) is 0 Å². The van der Waals surface area contributed by atoms with E-state index in [1.54, 1.807) is 12.4 Å². The van der Waals surface area contributed by atoms with E-state index in [9.17, 15) is 4.79 Å². The number of carbonyl (C=O) groups excluding carboxylic acids is 1. The monoisotopic (exact) mass is 328 g/mol. The molecule has 4 rings (SSSR count). The van der Waals surface area contributed by atoms with E-state index in [1.807, 2.05) is 12.1 Å². The summed E-state index contributed by atoms with van der Waals surface area (Å²) >= 11 is 0. The van der Waals surface area contributed by atoms with E-state index in [0.717, 1.165) is 17.3 Å². The van der Waals surface area contributed by atoms with E-state index in [1.165, 1.54) is 12.8 Å². The molecular formula is C14H18Cl2N4O. The molecule has 2 aliphatic rings. The van der Waals surface area contributed by atoms with Crippen molar-refractivity contribution in [1.82, 2.24) is 20.6 Å². The topological polar surface area (TPSA) is 69.8 Å². The van der Waals surface area contributed by atoms with Gasteiger partial charge in [-0.3, -0.25) is 9.78 Å². The highest BCUT2D eigenvalue weighted by Gasteiger charge is 2.39. The van der Waals surface area contributed by atoms with Crippen LogP contribution >= 0.6 is 24.8 Å². The number of nitrogens with one attached hydrogen (secondary N) is 3. The summed E-state index contributed by atoms with van der Waals surface area (Å²) in [5.74, 6) is -0.0180. The molecule has 0 spiro atoms. The van der Waals surface area contributed by atoms with Gasteiger partial charge >= 0.3 is 0 Å². The number of fused-ring (bicyclic) bond motifs is 3. The first-order valence-electron chi connectivity index (χ1n) is 6.79. The molecule has 3 atom stereocenters. The number of aromatic amines is 1. The van der Waals surface area contributed by atoms with Gasteiger partial charge < -0.3 is 15.6 Å². The molecule has 114 valence electrons. The van der Waals surface area contributed by atoms with E-state index in [2.05, 4.69) is 20.6 Å². The van der Waals surface area contributed by atoms with Crippen LogP contribution in [0.4, 0.5) is 0 Å². The number of hydrogen-bond donors (Lipinski definition) is 3. The standard InChI is InChI=1S/C14H16N4O.2ClH/c19-14(18-11-6-9-1-2-10(11)16-9)12-5-8-3-4-15-7-13(8)17-12;;/h3-5,7,9-11,16-17H,1-2,6H2,(H,18,19);2*1H/t9?,10?,11-;;/m1../s1. The minimum Gasteiger partial charge on any atom is -0.349 e. The molecule has 2 saturated heterocycles. The summed E-state index contributed by atoms with van der Waals surface area (Å²) in [7, 11) is 0. The van der Waals surface area contributed by atoms with Crippen molar-refractivity contribution >= 4 is 41.6 Å². The fourth-order valence-corrected chi connectivity index (χ4v) is 3.32. The average Bonchev–Trinajstić information content (AvgIpc) is 3.12. The maximum absolute atomic E-state index is 12.3. The quantitative estimate of drug-likeness (QED) is 0.790. The smallest absolute Gasteiger partial charge is 0.268 e. The van der Waals surface area contributed by atoms with Gasteiger partial charge in [0.05, 0.1) is 11.7 Å². The van der Waals surface area contributed by atoms with E-state index in [4.69, 9.17) is 0 Å². The Bertz CT molecular complexity index is 612. The molecule has 7 heteroatoms. The Hall–Kier alpha value is -1.30. The number of H-pyrrole nitrogens is 1. The summed E-state index contributed by atoms with van der Waals surface area (Å²) in [6, 6.07) is 5.12. The van der Waals surface area contributed by atoms with Crippen molar-refractivity contribution in [3.8, 4) is 0 Å². The van der Waals surface area contributed by atoms with Crippen LogP contribution in [0.1, 0.15) is 29.8 Å². The minimum atomic E-state index is -0.0180. The van der Waals surface area contributed by atoms with Gasteiger partial charge in [-0.25, -0.2) is 0 Å². The lowest BCUT2D eigenvalue weighted by molar-refractivity contribution is 0.0927. The third kappa shape index (κ3) is 2.86. The molecule has 2 aliphatic heterocycles. The third-order valence-corrected chi connectivity index (χ3v) is 4.29. The number of halogens is 2. The van der Waals surface area contributed by atoms with E-state index >= 15 is 0 Å². The molecule has 2 bridgehead atoms. The highest BCUT2D eigenvalue weighted by molar-refractivity contribution is 5.98. The molecule has 2 aromatic heterocycles. The number of aromatic nitrogens is 2. The van der Waals surface area contributed by atoms with Gasteiger partial charge in [0.25, 0.3) is 5.91 Å². The third-order valence-electron chi connectivity index (χ3n) is 4.29. The number of amides is 1. The Morgan fingerprint density at radius 2 is 2.19 bits per heavy atom. The molecule has 0 aliphatic carbocycles. The molecule has 0 saturated carbocycles. The number of rotatable bonds is 2. The van der Waals surface area contributed by atoms with Gasteiger partial charge in [0.1, 0.15) is 5.69 Å². The summed E-state index contributed by atoms with van der Waals surface area (Å²) < 4.78 is 0. The first-order chi connectivity index (χ1) is 9.29. The molecule has 2 unspecified atom stereocenters. The second-order valence-corrected chi connectivity index (χ2v) is 5.51. The Labute approximate surface area is 135 Å². The van der Waals surface area contributed by atoms with Gasteiger partial charge in [0.2, 0.25) is 0 Å². The van der Waals surface area contributed by atoms with E-state index in [-0.39, 0.29) is 36.8 Å².